The Morgan fingerprint density at radius 1 is 1.02 bits per heavy atom. The molecule has 9 heteroatoms. The highest BCUT2D eigenvalue weighted by atomic mass is 35.5. The number of nitrogens with zero attached hydrogens (tertiary/aromatic N) is 3. The van der Waals surface area contributed by atoms with E-state index in [1.807, 2.05) is 75.4 Å². The van der Waals surface area contributed by atoms with Gasteiger partial charge in [0, 0.05) is 23.7 Å². The lowest BCUT2D eigenvalue weighted by atomic mass is 9.98. The van der Waals surface area contributed by atoms with Crippen molar-refractivity contribution < 1.29 is 14.3 Å². The molecule has 1 aromatic heterocycles. The molecule has 1 N–H and O–H groups in total. The molecule has 0 aliphatic rings. The lowest BCUT2D eigenvalue weighted by Crippen LogP contribution is -2.43. The van der Waals surface area contributed by atoms with E-state index in [9.17, 15) is 14.4 Å². The first-order chi connectivity index (χ1) is 20.8. The third-order valence-electron chi connectivity index (χ3n) is 7.17. The summed E-state index contributed by atoms with van der Waals surface area (Å²) in [4.78, 5) is 47.4. The molecule has 0 bridgehead atoms. The fourth-order valence-corrected chi connectivity index (χ4v) is 5.30. The Balaban J connectivity index is 1.80. The highest BCUT2D eigenvalue weighted by molar-refractivity contribution is 6.31. The van der Waals surface area contributed by atoms with Crippen molar-refractivity contribution in [3.05, 3.63) is 111 Å². The molecule has 0 aliphatic carbocycles. The van der Waals surface area contributed by atoms with Gasteiger partial charge in [0.2, 0.25) is 0 Å². The zero-order chi connectivity index (χ0) is 32.0. The van der Waals surface area contributed by atoms with Gasteiger partial charge >= 0.3 is 6.09 Å². The molecular weight excluding hydrogens is 576 g/mol. The smallest absolute Gasteiger partial charge is 0.407 e. The van der Waals surface area contributed by atoms with E-state index in [0.717, 1.165) is 11.1 Å². The van der Waals surface area contributed by atoms with Gasteiger partial charge in [-0.15, -0.1) is 0 Å². The molecule has 1 heterocycles. The molecule has 0 saturated heterocycles. The molecule has 1 atom stereocenters. The Bertz CT molecular complexity index is 1660. The molecule has 0 fully saturated rings. The van der Waals surface area contributed by atoms with Crippen LogP contribution in [0.25, 0.3) is 10.9 Å². The van der Waals surface area contributed by atoms with Crippen molar-refractivity contribution in [2.24, 2.45) is 5.92 Å². The summed E-state index contributed by atoms with van der Waals surface area (Å²) < 4.78 is 7.05. The molecule has 3 aromatic carbocycles. The number of halogens is 1. The van der Waals surface area contributed by atoms with Crippen LogP contribution in [0.4, 0.5) is 4.79 Å². The lowest BCUT2D eigenvalue weighted by Gasteiger charge is -2.35. The first-order valence-corrected chi connectivity index (χ1v) is 15.3. The zero-order valence-electron chi connectivity index (χ0n) is 26.3. The third-order valence-corrected chi connectivity index (χ3v) is 7.40. The molecule has 0 aliphatic heterocycles. The Labute approximate surface area is 264 Å². The lowest BCUT2D eigenvalue weighted by molar-refractivity contribution is 0.0519. The number of ether oxygens (including phenoxy) is 1. The largest absolute Gasteiger partial charge is 0.444 e. The van der Waals surface area contributed by atoms with Crippen molar-refractivity contribution in [2.45, 2.75) is 66.2 Å². The average Bonchev–Trinajstić information content (AvgIpc) is 2.95. The molecule has 8 nitrogen and oxygen atoms in total. The van der Waals surface area contributed by atoms with Crippen LogP contribution in [-0.2, 0) is 11.3 Å². The summed E-state index contributed by atoms with van der Waals surface area (Å²) in [6.45, 7) is 12.3. The number of benzene rings is 3. The predicted molar refractivity (Wildman–Crippen MR) is 175 cm³/mol. The van der Waals surface area contributed by atoms with Gasteiger partial charge in [0.1, 0.15) is 11.4 Å². The van der Waals surface area contributed by atoms with Crippen molar-refractivity contribution in [1.82, 2.24) is 19.8 Å². The monoisotopic (exact) mass is 616 g/mol. The van der Waals surface area contributed by atoms with Gasteiger partial charge < -0.3 is 15.0 Å². The number of amides is 2. The van der Waals surface area contributed by atoms with Crippen LogP contribution in [0.5, 0.6) is 0 Å². The van der Waals surface area contributed by atoms with Crippen molar-refractivity contribution in [2.75, 3.05) is 13.1 Å². The second-order valence-electron chi connectivity index (χ2n) is 12.3. The van der Waals surface area contributed by atoms with Crippen LogP contribution >= 0.6 is 11.6 Å². The fourth-order valence-electron chi connectivity index (χ4n) is 5.14. The molecule has 4 aromatic rings. The first kappa shape index (κ1) is 32.7. The summed E-state index contributed by atoms with van der Waals surface area (Å²) in [7, 11) is 0. The van der Waals surface area contributed by atoms with Gasteiger partial charge in [-0.2, -0.15) is 0 Å². The van der Waals surface area contributed by atoms with E-state index >= 15 is 0 Å². The van der Waals surface area contributed by atoms with E-state index in [-0.39, 0.29) is 23.9 Å². The van der Waals surface area contributed by atoms with E-state index < -0.39 is 17.7 Å². The summed E-state index contributed by atoms with van der Waals surface area (Å²) in [5.74, 6) is 0.172. The van der Waals surface area contributed by atoms with E-state index in [1.165, 1.54) is 0 Å². The van der Waals surface area contributed by atoms with Gasteiger partial charge in [-0.3, -0.25) is 14.2 Å². The molecule has 0 saturated carbocycles. The van der Waals surface area contributed by atoms with Crippen LogP contribution in [0.2, 0.25) is 5.02 Å². The summed E-state index contributed by atoms with van der Waals surface area (Å²) >= 11 is 6.33. The fraction of sp³-hybridized carbons (Fsp3) is 0.371. The van der Waals surface area contributed by atoms with Gasteiger partial charge in [-0.05, 0) is 75.9 Å². The number of alkyl carbamates (subject to hydrolysis) is 1. The number of carbonyl (C=O) groups is 2. The molecule has 232 valence electrons. The second-order valence-corrected chi connectivity index (χ2v) is 12.8. The van der Waals surface area contributed by atoms with E-state index in [0.29, 0.717) is 46.8 Å². The molecule has 0 spiro atoms. The molecule has 1 unspecified atom stereocenters. The molecule has 2 amide bonds. The van der Waals surface area contributed by atoms with E-state index in [1.54, 1.807) is 48.4 Å². The van der Waals surface area contributed by atoms with Crippen LogP contribution in [-0.4, -0.2) is 45.1 Å². The Hall–Kier alpha value is -4.17. The standard InChI is InChI=1S/C35H41ClN4O4/c1-23(2)30(31-38-29-21-27(36)17-18-28(29)33(42)40(31)22-25-11-8-7-9-12-25)39(32(41)26-15-13-24(3)14-16-26)20-10-19-37-34(43)44-35(4,5)6/h7-9,11-18,21,23,30H,10,19-20,22H2,1-6H3,(H,37,43). The van der Waals surface area contributed by atoms with Gasteiger partial charge in [0.05, 0.1) is 23.5 Å². The number of hydrogen-bond acceptors (Lipinski definition) is 5. The maximum Gasteiger partial charge on any atom is 0.407 e. The first-order valence-electron chi connectivity index (χ1n) is 14.9. The summed E-state index contributed by atoms with van der Waals surface area (Å²) in [6, 6.07) is 21.6. The maximum absolute atomic E-state index is 14.2. The normalized spacial score (nSPS) is 12.3. The highest BCUT2D eigenvalue weighted by Crippen LogP contribution is 2.31. The number of rotatable bonds is 10. The Morgan fingerprint density at radius 3 is 2.34 bits per heavy atom. The van der Waals surface area contributed by atoms with Crippen LogP contribution in [0.3, 0.4) is 0 Å². The number of nitrogens with one attached hydrogen (secondary N) is 1. The van der Waals surface area contributed by atoms with Crippen LogP contribution in [0.15, 0.2) is 77.6 Å². The van der Waals surface area contributed by atoms with Crippen molar-refractivity contribution in [1.29, 1.82) is 0 Å². The number of fused-ring (bicyclic) bond motifs is 1. The Kier molecular flexibility index (Phi) is 10.5. The topological polar surface area (TPSA) is 93.5 Å². The number of aromatic nitrogens is 2. The quantitative estimate of drug-likeness (QED) is 0.191. The SMILES string of the molecule is Cc1ccc(C(=O)N(CCCNC(=O)OC(C)(C)C)C(c2nc3cc(Cl)ccc3c(=O)n2Cc2ccccc2)C(C)C)cc1. The van der Waals surface area contributed by atoms with Crippen LogP contribution < -0.4 is 10.9 Å². The minimum atomic E-state index is -0.618. The third kappa shape index (κ3) is 8.26. The van der Waals surface area contributed by atoms with Gasteiger partial charge in [-0.1, -0.05) is 73.5 Å². The number of aryl methyl sites for hydroxylation is 1. The molecular formula is C35H41ClN4O4. The van der Waals surface area contributed by atoms with Crippen molar-refractivity contribution in [3.8, 4) is 0 Å². The van der Waals surface area contributed by atoms with Crippen LogP contribution in [0.1, 0.15) is 74.4 Å². The number of hydrogen-bond donors (Lipinski definition) is 1. The maximum atomic E-state index is 14.2. The highest BCUT2D eigenvalue weighted by Gasteiger charge is 2.33. The Morgan fingerprint density at radius 2 is 1.70 bits per heavy atom. The minimum Gasteiger partial charge on any atom is -0.444 e. The zero-order valence-corrected chi connectivity index (χ0v) is 27.0. The van der Waals surface area contributed by atoms with Crippen molar-refractivity contribution in [3.63, 3.8) is 0 Å². The van der Waals surface area contributed by atoms with Crippen molar-refractivity contribution >= 4 is 34.5 Å². The summed E-state index contributed by atoms with van der Waals surface area (Å²) in [5, 5.41) is 3.71. The second kappa shape index (κ2) is 14.1. The van der Waals surface area contributed by atoms with Crippen LogP contribution in [0, 0.1) is 12.8 Å². The average molecular weight is 617 g/mol. The molecule has 0 radical (unpaired) electrons. The van der Waals surface area contributed by atoms with E-state index in [2.05, 4.69) is 5.32 Å². The molecule has 44 heavy (non-hydrogen) atoms. The van der Waals surface area contributed by atoms with Gasteiger partial charge in [0.15, 0.2) is 0 Å². The molecule has 4 rings (SSSR count). The van der Waals surface area contributed by atoms with E-state index in [4.69, 9.17) is 21.3 Å². The van der Waals surface area contributed by atoms with Gasteiger partial charge in [0.25, 0.3) is 11.5 Å². The summed E-state index contributed by atoms with van der Waals surface area (Å²) in [5.41, 5.74) is 2.16. The van der Waals surface area contributed by atoms with Gasteiger partial charge in [-0.25, -0.2) is 9.78 Å². The number of carbonyl (C=O) groups excluding carboxylic acids is 2. The summed E-state index contributed by atoms with van der Waals surface area (Å²) in [6.07, 6.45) is -0.0540. The predicted octanol–water partition coefficient (Wildman–Crippen LogP) is 7.16. The minimum absolute atomic E-state index is 0.117.